The van der Waals surface area contributed by atoms with Gasteiger partial charge in [-0.05, 0) is 99.5 Å². The molecule has 4 amide bonds. The summed E-state index contributed by atoms with van der Waals surface area (Å²) in [6.07, 6.45) is 7.10. The Morgan fingerprint density at radius 3 is 2.41 bits per heavy atom. The number of hydrogen-bond donors (Lipinski definition) is 1. The first-order valence-corrected chi connectivity index (χ1v) is 23.9. The van der Waals surface area contributed by atoms with Gasteiger partial charge < -0.3 is 19.6 Å². The number of carbonyl (C=O) groups is 4. The van der Waals surface area contributed by atoms with E-state index >= 15 is 0 Å². The van der Waals surface area contributed by atoms with Crippen molar-refractivity contribution in [3.05, 3.63) is 81.2 Å². The number of piperidine rings is 3. The lowest BCUT2D eigenvalue weighted by Gasteiger charge is -2.35. The molecule has 8 heterocycles. The van der Waals surface area contributed by atoms with E-state index < -0.39 is 18.4 Å². The molecule has 5 aliphatic heterocycles. The third-order valence-corrected chi connectivity index (χ3v) is 14.8. The zero-order valence-corrected chi connectivity index (χ0v) is 38.8. The molecule has 3 fully saturated rings. The highest BCUT2D eigenvalue weighted by atomic mass is 19.3. The van der Waals surface area contributed by atoms with Crippen LogP contribution in [0.25, 0.3) is 22.2 Å². The van der Waals surface area contributed by atoms with Gasteiger partial charge in [0.05, 0.1) is 29.8 Å². The van der Waals surface area contributed by atoms with Crippen molar-refractivity contribution in [2.75, 3.05) is 50.7 Å². The first-order chi connectivity index (χ1) is 32.8. The summed E-state index contributed by atoms with van der Waals surface area (Å²) in [5.74, 6) is 7.02. The van der Waals surface area contributed by atoms with Crippen LogP contribution in [0.5, 0.6) is 0 Å². The van der Waals surface area contributed by atoms with Crippen molar-refractivity contribution < 1.29 is 28.0 Å². The average Bonchev–Trinajstić information content (AvgIpc) is 4.02. The van der Waals surface area contributed by atoms with E-state index in [9.17, 15) is 32.8 Å². The third-order valence-electron chi connectivity index (χ3n) is 14.8. The van der Waals surface area contributed by atoms with Crippen molar-refractivity contribution in [1.29, 1.82) is 0 Å². The number of aryl methyl sites for hydroxylation is 3. The van der Waals surface area contributed by atoms with Crippen molar-refractivity contribution in [3.63, 3.8) is 0 Å². The molecule has 18 heteroatoms. The number of halogens is 2. The fourth-order valence-electron chi connectivity index (χ4n) is 11.0. The van der Waals surface area contributed by atoms with Gasteiger partial charge in [0.2, 0.25) is 23.6 Å². The van der Waals surface area contributed by atoms with Crippen molar-refractivity contribution in [2.45, 2.75) is 96.2 Å². The van der Waals surface area contributed by atoms with E-state index in [1.54, 1.807) is 44.2 Å². The maximum Gasteiger partial charge on any atom is 0.329 e. The Bertz CT molecular complexity index is 2940. The van der Waals surface area contributed by atoms with Crippen LogP contribution in [0.1, 0.15) is 105 Å². The molecule has 3 saturated heterocycles. The molecule has 1 atom stereocenters. The van der Waals surface area contributed by atoms with Crippen LogP contribution >= 0.6 is 0 Å². The maximum absolute atomic E-state index is 14.7. The molecule has 5 aliphatic rings. The maximum atomic E-state index is 14.7. The van der Waals surface area contributed by atoms with Gasteiger partial charge >= 0.3 is 5.69 Å². The summed E-state index contributed by atoms with van der Waals surface area (Å²) in [6.45, 7) is 6.81. The highest BCUT2D eigenvalue weighted by Crippen LogP contribution is 2.44. The second-order valence-electron chi connectivity index (χ2n) is 19.0. The molecule has 1 unspecified atom stereocenters. The van der Waals surface area contributed by atoms with Crippen molar-refractivity contribution in [3.8, 4) is 23.0 Å². The Balaban J connectivity index is 0.761. The average molecular weight is 930 g/mol. The highest BCUT2D eigenvalue weighted by molar-refractivity contribution is 6.00. The fourth-order valence-corrected chi connectivity index (χ4v) is 11.0. The molecule has 3 aromatic heterocycles. The van der Waals surface area contributed by atoms with Gasteiger partial charge in [-0.15, -0.1) is 0 Å². The van der Waals surface area contributed by atoms with Crippen molar-refractivity contribution in [2.24, 2.45) is 20.0 Å². The Kier molecular flexibility index (Phi) is 12.3. The van der Waals surface area contributed by atoms with Crippen LogP contribution in [-0.2, 0) is 52.7 Å². The molecule has 0 aliphatic carbocycles. The summed E-state index contributed by atoms with van der Waals surface area (Å²) in [5, 5.41) is 11.9. The number of benzene rings is 2. The molecule has 0 spiro atoms. The molecule has 10 rings (SSSR count). The topological polar surface area (TPSA) is 156 Å². The largest absolute Gasteiger partial charge is 0.343 e. The van der Waals surface area contributed by atoms with Crippen molar-refractivity contribution >= 4 is 46.2 Å². The number of carbonyl (C=O) groups excluding carboxylic acids is 4. The number of rotatable bonds is 8. The molecule has 1 N–H and O–H groups in total. The lowest BCUT2D eigenvalue weighted by Crippen LogP contribution is -2.44. The molecule has 68 heavy (non-hydrogen) atoms. The predicted molar refractivity (Wildman–Crippen MR) is 250 cm³/mol. The normalized spacial score (nSPS) is 19.6. The van der Waals surface area contributed by atoms with Gasteiger partial charge in [0.25, 0.3) is 6.43 Å². The molecule has 2 aromatic carbocycles. The van der Waals surface area contributed by atoms with Crippen LogP contribution in [0.15, 0.2) is 47.5 Å². The van der Waals surface area contributed by atoms with Crippen molar-refractivity contribution in [1.82, 2.24) is 48.7 Å². The predicted octanol–water partition coefficient (Wildman–Crippen LogP) is 5.16. The van der Waals surface area contributed by atoms with Gasteiger partial charge in [-0.1, -0.05) is 11.8 Å². The van der Waals surface area contributed by atoms with Gasteiger partial charge in [-0.3, -0.25) is 43.0 Å². The summed E-state index contributed by atoms with van der Waals surface area (Å²) in [6, 6.07) is 8.41. The quantitative estimate of drug-likeness (QED) is 0.164. The highest BCUT2D eigenvalue weighted by Gasteiger charge is 2.36. The van der Waals surface area contributed by atoms with E-state index in [1.807, 2.05) is 34.1 Å². The second kappa shape index (κ2) is 18.5. The number of anilines is 2. The Labute approximate surface area is 392 Å². The Hall–Kier alpha value is -6.61. The molecular weight excluding hydrogens is 873 g/mol. The van der Waals surface area contributed by atoms with Crippen LogP contribution in [0, 0.1) is 17.8 Å². The van der Waals surface area contributed by atoms with E-state index in [2.05, 4.69) is 36.7 Å². The third kappa shape index (κ3) is 8.61. The Morgan fingerprint density at radius 2 is 1.69 bits per heavy atom. The second-order valence-corrected chi connectivity index (χ2v) is 19.0. The minimum Gasteiger partial charge on any atom is -0.343 e. The minimum absolute atomic E-state index is 0.0113. The van der Waals surface area contributed by atoms with Gasteiger partial charge in [0, 0.05) is 119 Å². The minimum atomic E-state index is -2.68. The van der Waals surface area contributed by atoms with Crippen LogP contribution in [0.3, 0.4) is 0 Å². The molecule has 16 nitrogen and oxygen atoms in total. The molecule has 356 valence electrons. The van der Waals surface area contributed by atoms with Crippen LogP contribution in [0.2, 0.25) is 0 Å². The summed E-state index contributed by atoms with van der Waals surface area (Å²) >= 11 is 0. The number of amides is 4. The summed E-state index contributed by atoms with van der Waals surface area (Å²) < 4.78 is 36.2. The summed E-state index contributed by atoms with van der Waals surface area (Å²) in [4.78, 5) is 72.0. The smallest absolute Gasteiger partial charge is 0.329 e. The SMILES string of the molecule is CC(=O)N1CCc2c(c(N3CCCc4cc(-c5cnn(C)c5)c(C(F)F)cc43)nn2C2CCN(C(=O)CCN3CCC(C#Cc4ccc5c(c4)n(C)c(=O)n5C4CCC(=O)NC4=O)CC3)CC2)C1. The van der Waals surface area contributed by atoms with E-state index in [0.29, 0.717) is 74.3 Å². The molecule has 0 saturated carbocycles. The molecule has 0 bridgehead atoms. The number of hydrogen-bond acceptors (Lipinski definition) is 9. The molecule has 5 aromatic rings. The molecule has 0 radical (unpaired) electrons. The van der Waals surface area contributed by atoms with Gasteiger partial charge in [-0.25, -0.2) is 13.6 Å². The van der Waals surface area contributed by atoms with Crippen LogP contribution in [-0.4, -0.2) is 113 Å². The summed E-state index contributed by atoms with van der Waals surface area (Å²) in [7, 11) is 3.45. The lowest BCUT2D eigenvalue weighted by molar-refractivity contribution is -0.136. The number of nitrogens with one attached hydrogen (secondary N) is 1. The zero-order valence-electron chi connectivity index (χ0n) is 38.8. The van der Waals surface area contributed by atoms with Gasteiger partial charge in [0.1, 0.15) is 6.04 Å². The van der Waals surface area contributed by atoms with Gasteiger partial charge in [0.15, 0.2) is 5.82 Å². The number of fused-ring (bicyclic) bond motifs is 3. The first-order valence-electron chi connectivity index (χ1n) is 23.9. The van der Waals surface area contributed by atoms with E-state index in [-0.39, 0.29) is 53.8 Å². The first kappa shape index (κ1) is 45.2. The monoisotopic (exact) mass is 929 g/mol. The molecular formula is C50H57F2N11O5. The number of imidazole rings is 1. The van der Waals surface area contributed by atoms with Gasteiger partial charge in [-0.2, -0.15) is 10.2 Å². The van der Waals surface area contributed by atoms with Crippen LogP contribution in [0.4, 0.5) is 20.3 Å². The number of likely N-dealkylation sites (tertiary alicyclic amines) is 2. The fraction of sp³-hybridized carbons (Fsp3) is 0.500. The number of imide groups is 1. The number of alkyl halides is 2. The van der Waals surface area contributed by atoms with E-state index in [0.717, 1.165) is 85.5 Å². The Morgan fingerprint density at radius 1 is 0.897 bits per heavy atom. The zero-order chi connectivity index (χ0) is 47.4. The van der Waals surface area contributed by atoms with E-state index in [1.165, 1.54) is 9.13 Å². The van der Waals surface area contributed by atoms with Crippen LogP contribution < -0.4 is 15.9 Å². The summed E-state index contributed by atoms with van der Waals surface area (Å²) in [5.41, 5.74) is 6.65. The van der Waals surface area contributed by atoms with E-state index in [4.69, 9.17) is 5.10 Å². The lowest BCUT2D eigenvalue weighted by atomic mass is 9.92. The number of aromatic nitrogens is 6. The number of nitrogens with zero attached hydrogens (tertiary/aromatic N) is 10. The standard InChI is InChI=1S/C50H57F2N11O5/c1-31(64)60-24-16-40-39(30-60)48(61-18-4-5-34-26-37(35-28-53-56(2)29-35)38(47(51)52)27-43(34)61)55-63(40)36-14-22-59(23-15-36)46(66)17-21-58-19-12-32(13-20-58)6-7-33-8-9-41-44(25-33)57(3)50(68)62(41)42-10-11-45(65)54-49(42)67/h8-9,25-29,32,36,42,47H,4-5,10-24,30H2,1-3H3,(H,54,65,67).